The Kier molecular flexibility index (Phi) is 34.1. The first kappa shape index (κ1) is 63.6. The third-order valence-corrected chi connectivity index (χ3v) is 14.9. The zero-order valence-corrected chi connectivity index (χ0v) is 44.9. The van der Waals surface area contributed by atoms with E-state index in [0.717, 1.165) is 54.8 Å². The first-order chi connectivity index (χ1) is 32.3. The molecule has 0 aromatic heterocycles. The van der Waals surface area contributed by atoms with E-state index in [9.17, 15) is 35.7 Å². The van der Waals surface area contributed by atoms with Gasteiger partial charge in [0.05, 0.1) is 26.4 Å². The number of rotatable bonds is 40. The summed E-state index contributed by atoms with van der Waals surface area (Å²) in [7, 11) is 0. The molecule has 7 N–H and O–H groups in total. The molecule has 17 atom stereocenters. The minimum atomic E-state index is -1.65. The van der Waals surface area contributed by atoms with Gasteiger partial charge in [-0.2, -0.15) is 0 Å². The van der Waals surface area contributed by atoms with Gasteiger partial charge in [0.2, 0.25) is 0 Å². The number of hydrogen-bond acceptors (Lipinski definition) is 13. The molecular weight excluding hydrogens is 869 g/mol. The van der Waals surface area contributed by atoms with Crippen LogP contribution in [0.1, 0.15) is 198 Å². The Balaban J connectivity index is 1.86. The molecule has 0 saturated carbocycles. The van der Waals surface area contributed by atoms with Crippen LogP contribution in [0.3, 0.4) is 0 Å². The Bertz CT molecular complexity index is 1190. The molecule has 0 aliphatic carbocycles. The van der Waals surface area contributed by atoms with Crippen molar-refractivity contribution in [3.8, 4) is 0 Å². The number of ether oxygens (including phenoxy) is 6. The molecule has 13 heteroatoms. The van der Waals surface area contributed by atoms with Crippen LogP contribution in [0.4, 0.5) is 0 Å². The average molecular weight is 977 g/mol. The molecule has 2 heterocycles. The van der Waals surface area contributed by atoms with Gasteiger partial charge in [0.1, 0.15) is 54.9 Å². The van der Waals surface area contributed by atoms with Gasteiger partial charge in [0.15, 0.2) is 12.6 Å². The molecule has 0 amide bonds. The molecule has 0 aromatic rings. The van der Waals surface area contributed by atoms with Crippen molar-refractivity contribution in [3.63, 3.8) is 0 Å². The molecule has 406 valence electrons. The number of aliphatic hydroxyl groups is 7. The van der Waals surface area contributed by atoms with Gasteiger partial charge in [-0.05, 0) is 60.2 Å². The molecule has 2 fully saturated rings. The molecule has 68 heavy (non-hydrogen) atoms. The molecule has 2 rings (SSSR count). The van der Waals surface area contributed by atoms with Crippen molar-refractivity contribution >= 4 is 0 Å². The summed E-state index contributed by atoms with van der Waals surface area (Å²) in [4.78, 5) is 0. The van der Waals surface area contributed by atoms with Crippen LogP contribution < -0.4 is 0 Å². The minimum Gasteiger partial charge on any atom is -0.394 e. The van der Waals surface area contributed by atoms with Gasteiger partial charge >= 0.3 is 0 Å². The lowest BCUT2D eigenvalue weighted by Gasteiger charge is -2.42. The summed E-state index contributed by atoms with van der Waals surface area (Å²) in [6, 6.07) is 0. The molecule has 0 bridgehead atoms. The lowest BCUT2D eigenvalue weighted by Crippen LogP contribution is -2.61. The Morgan fingerprint density at radius 1 is 0.382 bits per heavy atom. The van der Waals surface area contributed by atoms with Crippen molar-refractivity contribution < 1.29 is 64.2 Å². The highest BCUT2D eigenvalue weighted by Gasteiger charge is 2.47. The van der Waals surface area contributed by atoms with Crippen LogP contribution in [0, 0.1) is 47.3 Å². The van der Waals surface area contributed by atoms with Crippen LogP contribution in [0.25, 0.3) is 0 Å². The summed E-state index contributed by atoms with van der Waals surface area (Å²) in [5.41, 5.74) is 0. The first-order valence-electron chi connectivity index (χ1n) is 27.7. The Morgan fingerprint density at radius 2 is 0.735 bits per heavy atom. The van der Waals surface area contributed by atoms with Gasteiger partial charge in [-0.15, -0.1) is 0 Å². The second-order valence-corrected chi connectivity index (χ2v) is 23.0. The van der Waals surface area contributed by atoms with Gasteiger partial charge in [-0.1, -0.05) is 185 Å². The quantitative estimate of drug-likeness (QED) is 0.0288. The molecule has 2 saturated heterocycles. The van der Waals surface area contributed by atoms with Crippen LogP contribution in [0.2, 0.25) is 0 Å². The van der Waals surface area contributed by atoms with Gasteiger partial charge in [-0.3, -0.25) is 0 Å². The lowest BCUT2D eigenvalue weighted by molar-refractivity contribution is -0.333. The molecule has 0 unspecified atom stereocenters. The smallest absolute Gasteiger partial charge is 0.186 e. The van der Waals surface area contributed by atoms with E-state index in [1.807, 2.05) is 0 Å². The highest BCUT2D eigenvalue weighted by atomic mass is 16.7. The number of aliphatic hydroxyl groups excluding tert-OH is 7. The first-order valence-corrected chi connectivity index (χ1v) is 27.7. The minimum absolute atomic E-state index is 0.00274. The van der Waals surface area contributed by atoms with Crippen molar-refractivity contribution in [2.75, 3.05) is 39.6 Å². The van der Waals surface area contributed by atoms with Gasteiger partial charge in [-0.25, -0.2) is 0 Å². The molecule has 2 aliphatic heterocycles. The van der Waals surface area contributed by atoms with Gasteiger partial charge in [0, 0.05) is 13.2 Å². The van der Waals surface area contributed by atoms with Crippen LogP contribution in [-0.4, -0.2) is 143 Å². The third kappa shape index (κ3) is 27.0. The van der Waals surface area contributed by atoms with E-state index in [-0.39, 0.29) is 13.2 Å². The number of hydrogen-bond donors (Lipinski definition) is 7. The summed E-state index contributed by atoms with van der Waals surface area (Å²) in [5, 5.41) is 72.7. The van der Waals surface area contributed by atoms with Crippen molar-refractivity contribution in [2.24, 2.45) is 47.3 Å². The fourth-order valence-electron chi connectivity index (χ4n) is 9.74. The molecular formula is C55H108O13. The van der Waals surface area contributed by atoms with E-state index in [1.54, 1.807) is 0 Å². The normalized spacial score (nSPS) is 29.0. The second kappa shape index (κ2) is 36.4. The summed E-state index contributed by atoms with van der Waals surface area (Å²) in [6.45, 7) is 23.7. The van der Waals surface area contributed by atoms with Gasteiger partial charge in [0.25, 0.3) is 0 Å². The van der Waals surface area contributed by atoms with E-state index in [2.05, 4.69) is 69.2 Å². The molecule has 2 aliphatic rings. The predicted octanol–water partition coefficient (Wildman–Crippen LogP) is 8.96. The van der Waals surface area contributed by atoms with E-state index in [1.165, 1.54) is 109 Å². The molecule has 0 radical (unpaired) electrons. The fourth-order valence-corrected chi connectivity index (χ4v) is 9.74. The zero-order valence-electron chi connectivity index (χ0n) is 44.9. The highest BCUT2D eigenvalue weighted by molar-refractivity contribution is 4.92. The molecule has 0 aromatic carbocycles. The van der Waals surface area contributed by atoms with E-state index in [0.29, 0.717) is 25.0 Å². The monoisotopic (exact) mass is 977 g/mol. The maximum atomic E-state index is 10.9. The zero-order chi connectivity index (χ0) is 50.6. The summed E-state index contributed by atoms with van der Waals surface area (Å²) < 4.78 is 35.5. The van der Waals surface area contributed by atoms with Crippen LogP contribution in [-0.2, 0) is 28.4 Å². The van der Waals surface area contributed by atoms with Crippen LogP contribution >= 0.6 is 0 Å². The summed E-state index contributed by atoms with van der Waals surface area (Å²) in [5.74, 6) is 5.74. The molecule has 0 spiro atoms. The van der Waals surface area contributed by atoms with Crippen molar-refractivity contribution in [1.29, 1.82) is 0 Å². The van der Waals surface area contributed by atoms with E-state index >= 15 is 0 Å². The Morgan fingerprint density at radius 3 is 1.15 bits per heavy atom. The van der Waals surface area contributed by atoms with E-state index in [4.69, 9.17) is 28.4 Å². The third-order valence-electron chi connectivity index (χ3n) is 14.9. The van der Waals surface area contributed by atoms with Gasteiger partial charge < -0.3 is 64.2 Å². The topological polar surface area (TPSA) is 197 Å². The van der Waals surface area contributed by atoms with Crippen LogP contribution in [0.5, 0.6) is 0 Å². The Labute approximate surface area is 415 Å². The highest BCUT2D eigenvalue weighted by Crippen LogP contribution is 2.28. The van der Waals surface area contributed by atoms with Crippen LogP contribution in [0.15, 0.2) is 0 Å². The molecule has 13 nitrogen and oxygen atoms in total. The van der Waals surface area contributed by atoms with E-state index < -0.39 is 80.7 Å². The van der Waals surface area contributed by atoms with Crippen molar-refractivity contribution in [1.82, 2.24) is 0 Å². The standard InChI is InChI=1S/C55H108O13/c1-37(2)17-11-19-39(5)21-13-23-41(7)25-15-27-43(9)29-31-63-34-45(64-32-30-44(10)28-16-26-42(8)24-14-22-40(6)20-12-18-38(3)4)35-65-54-53(62)51(60)49(58)47(68-54)36-66-55-52(61)50(59)48(57)46(33-56)67-55/h37-62H,11-36H2,1-10H3/t39-,40-,41-,42-,43-,44-,45-,46-,47-,48-,49-,50+,51+,52-,53-,54-,55-/m1/s1. The SMILES string of the molecule is CC(C)CCC[C@@H](C)CCC[C@@H](C)CCC[C@@H](C)CCOC[C@H](CO[C@@H]1O[C@H](CO[C@@H]2O[C@H](CO)[C@@H](O)[C@H](O)[C@H]2O)[C@@H](O)[C@H](O)[C@H]1O)OCC[C@H](C)CCC[C@H](C)CCC[C@H](C)CCCC(C)C. The van der Waals surface area contributed by atoms with Crippen molar-refractivity contribution in [3.05, 3.63) is 0 Å². The lowest BCUT2D eigenvalue weighted by atomic mass is 9.91. The van der Waals surface area contributed by atoms with Crippen molar-refractivity contribution in [2.45, 2.75) is 265 Å². The largest absolute Gasteiger partial charge is 0.394 e. The Hall–Kier alpha value is -0.520. The maximum Gasteiger partial charge on any atom is 0.186 e. The predicted molar refractivity (Wildman–Crippen MR) is 270 cm³/mol. The fraction of sp³-hybridized carbons (Fsp3) is 1.00. The second-order valence-electron chi connectivity index (χ2n) is 23.0. The summed E-state index contributed by atoms with van der Waals surface area (Å²) >= 11 is 0. The average Bonchev–Trinajstić information content (AvgIpc) is 3.28. The summed E-state index contributed by atoms with van der Waals surface area (Å²) in [6.07, 6.45) is 9.68. The maximum absolute atomic E-state index is 10.9.